The summed E-state index contributed by atoms with van der Waals surface area (Å²) in [5.41, 5.74) is 2.86. The normalized spacial score (nSPS) is 19.7. The molecule has 1 atom stereocenters. The molecule has 1 aliphatic heterocycles. The van der Waals surface area contributed by atoms with Crippen molar-refractivity contribution in [2.24, 2.45) is 0 Å². The monoisotopic (exact) mass is 208 g/mol. The topological polar surface area (TPSA) is 20.2 Å². The van der Waals surface area contributed by atoms with Crippen molar-refractivity contribution >= 4 is 11.8 Å². The first-order chi connectivity index (χ1) is 6.79. The summed E-state index contributed by atoms with van der Waals surface area (Å²) in [6.07, 6.45) is 3.08. The lowest BCUT2D eigenvalue weighted by Crippen LogP contribution is -1.92. The Hall–Kier alpha value is -0.470. The summed E-state index contributed by atoms with van der Waals surface area (Å²) in [5, 5.41) is 9.49. The van der Waals surface area contributed by atoms with E-state index >= 15 is 0 Å². The van der Waals surface area contributed by atoms with Crippen molar-refractivity contribution in [1.82, 2.24) is 0 Å². The number of benzene rings is 1. The molecular formula is C12H16OS. The third kappa shape index (κ3) is 2.12. The Bertz CT molecular complexity index is 322. The van der Waals surface area contributed by atoms with E-state index in [0.29, 0.717) is 6.61 Å². The van der Waals surface area contributed by atoms with Crippen LogP contribution in [0.4, 0.5) is 0 Å². The van der Waals surface area contributed by atoms with Crippen LogP contribution in [0.2, 0.25) is 0 Å². The fourth-order valence-corrected chi connectivity index (χ4v) is 3.10. The zero-order valence-corrected chi connectivity index (χ0v) is 9.31. The molecule has 76 valence electrons. The second-order valence-corrected chi connectivity index (χ2v) is 5.38. The molecule has 1 aromatic carbocycles. The van der Waals surface area contributed by atoms with Crippen LogP contribution in [-0.4, -0.2) is 17.0 Å². The highest BCUT2D eigenvalue weighted by molar-refractivity contribution is 8.00. The van der Waals surface area contributed by atoms with E-state index < -0.39 is 0 Å². The number of hydrogen-bond acceptors (Lipinski definition) is 2. The number of hydrogen-bond donors (Lipinski definition) is 1. The molecule has 14 heavy (non-hydrogen) atoms. The van der Waals surface area contributed by atoms with E-state index in [9.17, 15) is 0 Å². The van der Waals surface area contributed by atoms with E-state index in [2.05, 4.69) is 25.1 Å². The lowest BCUT2D eigenvalue weighted by atomic mass is 10.1. The van der Waals surface area contributed by atoms with E-state index in [1.165, 1.54) is 22.4 Å². The average molecular weight is 208 g/mol. The van der Waals surface area contributed by atoms with Gasteiger partial charge in [0.05, 0.1) is 0 Å². The molecule has 1 aromatic rings. The molecule has 1 heterocycles. The third-order valence-electron chi connectivity index (χ3n) is 2.59. The molecule has 0 fully saturated rings. The summed E-state index contributed by atoms with van der Waals surface area (Å²) in [4.78, 5) is 1.45. The van der Waals surface area contributed by atoms with Crippen LogP contribution in [0, 0.1) is 0 Å². The predicted molar refractivity (Wildman–Crippen MR) is 60.9 cm³/mol. The summed E-state index contributed by atoms with van der Waals surface area (Å²) in [5.74, 6) is 0. The van der Waals surface area contributed by atoms with Gasteiger partial charge in [0, 0.05) is 16.8 Å². The van der Waals surface area contributed by atoms with Crippen LogP contribution in [-0.2, 0) is 12.8 Å². The highest BCUT2D eigenvalue weighted by atomic mass is 32.2. The fourth-order valence-electron chi connectivity index (χ4n) is 1.88. The minimum absolute atomic E-state index is 0.292. The van der Waals surface area contributed by atoms with Crippen molar-refractivity contribution in [3.63, 3.8) is 0 Å². The van der Waals surface area contributed by atoms with Gasteiger partial charge >= 0.3 is 0 Å². The van der Waals surface area contributed by atoms with Crippen LogP contribution in [0.1, 0.15) is 24.5 Å². The molecule has 0 aliphatic carbocycles. The summed E-state index contributed by atoms with van der Waals surface area (Å²) >= 11 is 1.98. The van der Waals surface area contributed by atoms with E-state index in [-0.39, 0.29) is 0 Å². The maximum absolute atomic E-state index is 8.76. The highest BCUT2D eigenvalue weighted by Gasteiger charge is 2.17. The molecule has 2 rings (SSSR count). The number of thioether (sulfide) groups is 1. The first kappa shape index (κ1) is 10.1. The lowest BCUT2D eigenvalue weighted by Gasteiger charge is -2.02. The van der Waals surface area contributed by atoms with Gasteiger partial charge in [-0.25, -0.2) is 0 Å². The van der Waals surface area contributed by atoms with Crippen molar-refractivity contribution in [3.05, 3.63) is 29.3 Å². The van der Waals surface area contributed by atoms with Gasteiger partial charge in [-0.05, 0) is 36.5 Å². The molecule has 0 saturated heterocycles. The lowest BCUT2D eigenvalue weighted by molar-refractivity contribution is 0.288. The predicted octanol–water partition coefficient (Wildman–Crippen LogP) is 2.65. The molecule has 2 heteroatoms. The van der Waals surface area contributed by atoms with Crippen molar-refractivity contribution in [3.8, 4) is 0 Å². The molecule has 0 spiro atoms. The Labute approximate surface area is 89.5 Å². The summed E-state index contributed by atoms with van der Waals surface area (Å²) < 4.78 is 0. The van der Waals surface area contributed by atoms with E-state index in [0.717, 1.165) is 18.1 Å². The second kappa shape index (κ2) is 4.37. The van der Waals surface area contributed by atoms with Crippen molar-refractivity contribution in [2.45, 2.75) is 36.3 Å². The summed E-state index contributed by atoms with van der Waals surface area (Å²) in [7, 11) is 0. The first-order valence-electron chi connectivity index (χ1n) is 5.19. The Balaban J connectivity index is 2.12. The van der Waals surface area contributed by atoms with Gasteiger partial charge in [-0.3, -0.25) is 0 Å². The molecular weight excluding hydrogens is 192 g/mol. The van der Waals surface area contributed by atoms with Gasteiger partial charge < -0.3 is 5.11 Å². The number of aliphatic hydroxyl groups excluding tert-OH is 1. The number of aliphatic hydroxyl groups is 1. The van der Waals surface area contributed by atoms with Crippen LogP contribution in [0.15, 0.2) is 23.1 Å². The van der Waals surface area contributed by atoms with Crippen LogP contribution in [0.5, 0.6) is 0 Å². The molecule has 0 aromatic heterocycles. The molecule has 0 amide bonds. The van der Waals surface area contributed by atoms with E-state index in [4.69, 9.17) is 5.11 Å². The quantitative estimate of drug-likeness (QED) is 0.824. The van der Waals surface area contributed by atoms with Gasteiger partial charge in [0.15, 0.2) is 0 Å². The van der Waals surface area contributed by atoms with Gasteiger partial charge in [-0.1, -0.05) is 19.1 Å². The molecule has 0 bridgehead atoms. The van der Waals surface area contributed by atoms with Crippen molar-refractivity contribution < 1.29 is 5.11 Å². The minimum atomic E-state index is 0.292. The first-order valence-corrected chi connectivity index (χ1v) is 6.07. The average Bonchev–Trinajstić information content (AvgIpc) is 2.54. The summed E-state index contributed by atoms with van der Waals surface area (Å²) in [6, 6.07) is 6.74. The van der Waals surface area contributed by atoms with Crippen molar-refractivity contribution in [2.75, 3.05) is 6.61 Å². The van der Waals surface area contributed by atoms with Crippen LogP contribution >= 0.6 is 11.8 Å². The third-order valence-corrected chi connectivity index (χ3v) is 3.79. The van der Waals surface area contributed by atoms with Gasteiger partial charge in [-0.2, -0.15) is 0 Å². The van der Waals surface area contributed by atoms with E-state index in [1.54, 1.807) is 0 Å². The zero-order valence-electron chi connectivity index (χ0n) is 8.49. The van der Waals surface area contributed by atoms with Crippen molar-refractivity contribution in [1.29, 1.82) is 0 Å². The van der Waals surface area contributed by atoms with Gasteiger partial charge in [0.1, 0.15) is 0 Å². The smallest absolute Gasteiger partial charge is 0.0434 e. The molecule has 1 nitrogen and oxygen atoms in total. The number of aryl methyl sites for hydroxylation is 1. The molecule has 1 aliphatic rings. The molecule has 1 unspecified atom stereocenters. The van der Waals surface area contributed by atoms with Crippen LogP contribution in [0.25, 0.3) is 0 Å². The van der Waals surface area contributed by atoms with Gasteiger partial charge in [0.2, 0.25) is 0 Å². The second-order valence-electron chi connectivity index (χ2n) is 3.90. The Morgan fingerprint density at radius 2 is 2.36 bits per heavy atom. The number of fused-ring (bicyclic) bond motifs is 1. The van der Waals surface area contributed by atoms with E-state index in [1.807, 2.05) is 11.8 Å². The Kier molecular flexibility index (Phi) is 3.14. The number of rotatable bonds is 3. The molecule has 0 saturated carbocycles. The molecule has 0 radical (unpaired) electrons. The van der Waals surface area contributed by atoms with Gasteiger partial charge in [-0.15, -0.1) is 11.8 Å². The minimum Gasteiger partial charge on any atom is -0.396 e. The Morgan fingerprint density at radius 3 is 3.14 bits per heavy atom. The fraction of sp³-hybridized carbons (Fsp3) is 0.500. The Morgan fingerprint density at radius 1 is 1.50 bits per heavy atom. The highest BCUT2D eigenvalue weighted by Crippen LogP contribution is 2.37. The largest absolute Gasteiger partial charge is 0.396 e. The summed E-state index contributed by atoms with van der Waals surface area (Å²) in [6.45, 7) is 2.57. The van der Waals surface area contributed by atoms with Crippen LogP contribution < -0.4 is 0 Å². The maximum atomic E-state index is 8.76. The standard InChI is InChI=1S/C12H16OS/c1-9-7-11-5-4-10(3-2-6-13)8-12(11)14-9/h4-5,8-9,13H,2-3,6-7H2,1H3. The molecule has 1 N–H and O–H groups in total. The van der Waals surface area contributed by atoms with Crippen LogP contribution in [0.3, 0.4) is 0 Å². The SMILES string of the molecule is CC1Cc2ccc(CCCO)cc2S1. The van der Waals surface area contributed by atoms with Gasteiger partial charge in [0.25, 0.3) is 0 Å². The zero-order chi connectivity index (χ0) is 9.97. The maximum Gasteiger partial charge on any atom is 0.0434 e.